The molecule has 7 rings (SSSR count). The summed E-state index contributed by atoms with van der Waals surface area (Å²) in [5, 5.41) is 4.73. The highest BCUT2D eigenvalue weighted by Gasteiger charge is 2.20. The van der Waals surface area contributed by atoms with Gasteiger partial charge in [0.25, 0.3) is 0 Å². The number of para-hydroxylation sites is 1. The van der Waals surface area contributed by atoms with Crippen LogP contribution in [0.2, 0.25) is 0 Å². The summed E-state index contributed by atoms with van der Waals surface area (Å²) in [7, 11) is 0. The minimum Gasteiger partial charge on any atom is -0.422 e. The van der Waals surface area contributed by atoms with Crippen molar-refractivity contribution in [3.63, 3.8) is 0 Å². The van der Waals surface area contributed by atoms with Gasteiger partial charge in [-0.15, -0.1) is 11.3 Å². The van der Waals surface area contributed by atoms with Crippen LogP contribution in [0.5, 0.6) is 0 Å². The number of hydrogen-bond donors (Lipinski definition) is 0. The van der Waals surface area contributed by atoms with Crippen molar-refractivity contribution < 1.29 is 4.42 Å². The number of oxazole rings is 1. The second-order valence-electron chi connectivity index (χ2n) is 8.08. The van der Waals surface area contributed by atoms with Gasteiger partial charge in [-0.1, -0.05) is 66.7 Å². The Morgan fingerprint density at radius 2 is 1.36 bits per heavy atom. The summed E-state index contributed by atoms with van der Waals surface area (Å²) in [6.45, 7) is 0. The van der Waals surface area contributed by atoms with Gasteiger partial charge in [-0.3, -0.25) is 4.90 Å². The molecular weight excluding hydrogens is 424 g/mol. The summed E-state index contributed by atoms with van der Waals surface area (Å²) >= 11 is 1.82. The fraction of sp³-hybridized carbons (Fsp3) is 0. The van der Waals surface area contributed by atoms with Gasteiger partial charge < -0.3 is 4.42 Å². The van der Waals surface area contributed by atoms with Crippen LogP contribution in [0.4, 0.5) is 17.4 Å². The predicted octanol–water partition coefficient (Wildman–Crippen LogP) is 8.82. The summed E-state index contributed by atoms with van der Waals surface area (Å²) in [4.78, 5) is 7.01. The third-order valence-electron chi connectivity index (χ3n) is 6.09. The van der Waals surface area contributed by atoms with Gasteiger partial charge in [0.1, 0.15) is 5.52 Å². The molecule has 0 radical (unpaired) electrons. The van der Waals surface area contributed by atoms with Gasteiger partial charge >= 0.3 is 6.01 Å². The molecule has 33 heavy (non-hydrogen) atoms. The van der Waals surface area contributed by atoms with E-state index >= 15 is 0 Å². The second kappa shape index (κ2) is 7.19. The predicted molar refractivity (Wildman–Crippen MR) is 139 cm³/mol. The van der Waals surface area contributed by atoms with Gasteiger partial charge in [0.05, 0.1) is 11.4 Å². The molecule has 0 spiro atoms. The fourth-order valence-electron chi connectivity index (χ4n) is 4.54. The van der Waals surface area contributed by atoms with Gasteiger partial charge in [0, 0.05) is 25.6 Å². The summed E-state index contributed by atoms with van der Waals surface area (Å²) in [5.41, 5.74) is 3.69. The van der Waals surface area contributed by atoms with Crippen LogP contribution >= 0.6 is 11.3 Å². The molecule has 0 aliphatic rings. The molecule has 2 heterocycles. The minimum absolute atomic E-state index is 0.562. The van der Waals surface area contributed by atoms with Crippen molar-refractivity contribution in [3.8, 4) is 0 Å². The van der Waals surface area contributed by atoms with Crippen molar-refractivity contribution in [2.24, 2.45) is 0 Å². The molecule has 0 amide bonds. The smallest absolute Gasteiger partial charge is 0.307 e. The van der Waals surface area contributed by atoms with E-state index in [9.17, 15) is 0 Å². The minimum atomic E-state index is 0.562. The summed E-state index contributed by atoms with van der Waals surface area (Å²) in [6, 6.07) is 38.4. The third kappa shape index (κ3) is 2.92. The van der Waals surface area contributed by atoms with E-state index in [1.54, 1.807) is 0 Å². The Hall–Kier alpha value is -4.15. The Labute approximate surface area is 194 Å². The lowest BCUT2D eigenvalue weighted by molar-refractivity contribution is 0.611. The zero-order chi connectivity index (χ0) is 21.8. The van der Waals surface area contributed by atoms with E-state index in [0.717, 1.165) is 33.2 Å². The Morgan fingerprint density at radius 1 is 0.606 bits per heavy atom. The highest BCUT2D eigenvalue weighted by atomic mass is 32.1. The lowest BCUT2D eigenvalue weighted by atomic mass is 10.1. The van der Waals surface area contributed by atoms with E-state index in [1.807, 2.05) is 47.7 Å². The normalized spacial score (nSPS) is 11.6. The number of nitrogens with zero attached hydrogens (tertiary/aromatic N) is 2. The molecule has 0 fully saturated rings. The van der Waals surface area contributed by atoms with Crippen molar-refractivity contribution in [3.05, 3.63) is 109 Å². The van der Waals surface area contributed by atoms with Crippen molar-refractivity contribution in [1.29, 1.82) is 0 Å². The van der Waals surface area contributed by atoms with E-state index in [-0.39, 0.29) is 0 Å². The maximum atomic E-state index is 6.45. The quantitative estimate of drug-likeness (QED) is 0.274. The van der Waals surface area contributed by atoms with E-state index in [4.69, 9.17) is 9.40 Å². The van der Waals surface area contributed by atoms with Gasteiger partial charge in [0.2, 0.25) is 0 Å². The summed E-state index contributed by atoms with van der Waals surface area (Å²) in [6.07, 6.45) is 0. The van der Waals surface area contributed by atoms with Crippen molar-refractivity contribution in [2.75, 3.05) is 4.90 Å². The topological polar surface area (TPSA) is 29.3 Å². The zero-order valence-corrected chi connectivity index (χ0v) is 18.4. The van der Waals surface area contributed by atoms with Gasteiger partial charge in [-0.05, 0) is 47.9 Å². The SMILES string of the molecule is c1ccc(N(c2ccc3sc4ccccc4c3c2)c2nc3ccc4ccccc4c3o2)cc1. The van der Waals surface area contributed by atoms with Gasteiger partial charge in [0.15, 0.2) is 5.58 Å². The molecule has 4 heteroatoms. The maximum Gasteiger partial charge on any atom is 0.307 e. The lowest BCUT2D eigenvalue weighted by Crippen LogP contribution is -2.09. The first kappa shape index (κ1) is 18.4. The molecule has 3 nitrogen and oxygen atoms in total. The van der Waals surface area contributed by atoms with Crippen molar-refractivity contribution in [1.82, 2.24) is 4.98 Å². The largest absolute Gasteiger partial charge is 0.422 e. The Kier molecular flexibility index (Phi) is 4.01. The Bertz CT molecular complexity index is 1770. The highest BCUT2D eigenvalue weighted by Crippen LogP contribution is 2.41. The monoisotopic (exact) mass is 442 g/mol. The molecule has 5 aromatic carbocycles. The van der Waals surface area contributed by atoms with Crippen LogP contribution in [0.3, 0.4) is 0 Å². The molecule has 0 saturated heterocycles. The molecule has 0 aliphatic carbocycles. The first-order valence-electron chi connectivity index (χ1n) is 10.9. The molecule has 7 aromatic rings. The van der Waals surface area contributed by atoms with Crippen LogP contribution in [0, 0.1) is 0 Å². The fourth-order valence-corrected chi connectivity index (χ4v) is 5.63. The van der Waals surface area contributed by atoms with Crippen LogP contribution < -0.4 is 4.90 Å². The molecular formula is C29H18N2OS. The van der Waals surface area contributed by atoms with Crippen molar-refractivity contribution in [2.45, 2.75) is 0 Å². The molecule has 156 valence electrons. The van der Waals surface area contributed by atoms with Crippen LogP contribution in [0.1, 0.15) is 0 Å². The second-order valence-corrected chi connectivity index (χ2v) is 9.16. The molecule has 0 saturated carbocycles. The van der Waals surface area contributed by atoms with Crippen LogP contribution in [-0.4, -0.2) is 4.98 Å². The average Bonchev–Trinajstić information content (AvgIpc) is 3.46. The zero-order valence-electron chi connectivity index (χ0n) is 17.6. The summed E-state index contributed by atoms with van der Waals surface area (Å²) < 4.78 is 9.02. The number of anilines is 3. The van der Waals surface area contributed by atoms with E-state index in [1.165, 1.54) is 20.2 Å². The van der Waals surface area contributed by atoms with Gasteiger partial charge in [-0.2, -0.15) is 4.98 Å². The van der Waals surface area contributed by atoms with Gasteiger partial charge in [-0.25, -0.2) is 0 Å². The number of aromatic nitrogens is 1. The summed E-state index contributed by atoms with van der Waals surface area (Å²) in [5.74, 6) is 0. The van der Waals surface area contributed by atoms with E-state index in [0.29, 0.717) is 6.01 Å². The molecule has 0 bridgehead atoms. The number of rotatable bonds is 3. The standard InChI is InChI=1S/C29H18N2OS/c1-2-9-20(10-3-1)31(21-15-17-27-24(18-21)23-12-6-7-13-26(23)33-27)29-30-25-16-14-19-8-4-5-11-22(19)28(25)32-29/h1-18H. The lowest BCUT2D eigenvalue weighted by Gasteiger charge is -2.21. The molecule has 0 aliphatic heterocycles. The average molecular weight is 443 g/mol. The van der Waals surface area contributed by atoms with Crippen molar-refractivity contribution >= 4 is 70.8 Å². The maximum absolute atomic E-state index is 6.45. The number of thiophene rings is 1. The third-order valence-corrected chi connectivity index (χ3v) is 7.24. The van der Waals surface area contributed by atoms with Crippen LogP contribution in [0.15, 0.2) is 114 Å². The Balaban J connectivity index is 1.48. The Morgan fingerprint density at radius 3 is 2.27 bits per heavy atom. The van der Waals surface area contributed by atoms with Crippen LogP contribution in [0.25, 0.3) is 42.0 Å². The highest BCUT2D eigenvalue weighted by molar-refractivity contribution is 7.25. The van der Waals surface area contributed by atoms with Crippen LogP contribution in [-0.2, 0) is 0 Å². The molecule has 0 N–H and O–H groups in total. The number of benzene rings is 5. The molecule has 0 unspecified atom stereocenters. The van der Waals surface area contributed by atoms with E-state index in [2.05, 4.69) is 77.7 Å². The molecule has 0 atom stereocenters. The number of fused-ring (bicyclic) bond motifs is 6. The first-order valence-corrected chi connectivity index (χ1v) is 11.7. The first-order chi connectivity index (χ1) is 16.3. The number of hydrogen-bond acceptors (Lipinski definition) is 4. The van der Waals surface area contributed by atoms with E-state index < -0.39 is 0 Å². The molecule has 2 aromatic heterocycles.